The summed E-state index contributed by atoms with van der Waals surface area (Å²) in [6.45, 7) is 0. The van der Waals surface area contributed by atoms with Gasteiger partial charge in [-0.05, 0) is 18.2 Å². The van der Waals surface area contributed by atoms with Gasteiger partial charge in [0.15, 0.2) is 0 Å². The van der Waals surface area contributed by atoms with Gasteiger partial charge in [0.05, 0.1) is 0 Å². The van der Waals surface area contributed by atoms with Crippen molar-refractivity contribution in [2.75, 3.05) is 0 Å². The van der Waals surface area contributed by atoms with Crippen molar-refractivity contribution in [2.24, 2.45) is 0 Å². The molecule has 0 aliphatic rings. The van der Waals surface area contributed by atoms with E-state index in [0.29, 0.717) is 0 Å². The van der Waals surface area contributed by atoms with Crippen LogP contribution in [0.15, 0.2) is 24.3 Å². The molecule has 0 saturated carbocycles. The number of hydrogen-bond donors (Lipinski definition) is 3. The molecule has 88 valence electrons. The molecular formula is C11H8O6. The van der Waals surface area contributed by atoms with Gasteiger partial charge in [-0.25, -0.2) is 9.59 Å². The number of phenols is 1. The topological polar surface area (TPSA) is 112 Å². The molecule has 0 heterocycles. The van der Waals surface area contributed by atoms with Crippen molar-refractivity contribution < 1.29 is 29.7 Å². The van der Waals surface area contributed by atoms with Crippen LogP contribution in [0.2, 0.25) is 0 Å². The lowest BCUT2D eigenvalue weighted by molar-refractivity contribution is -0.146. The molecule has 6 heteroatoms. The number of carbonyl (C=O) groups is 3. The summed E-state index contributed by atoms with van der Waals surface area (Å²) in [6.07, 6.45) is 1.78. The Balaban J connectivity index is 3.08. The number of ketones is 1. The maximum absolute atomic E-state index is 10.8. The van der Waals surface area contributed by atoms with E-state index in [1.54, 1.807) is 0 Å². The Bertz CT molecular complexity index is 515. The minimum atomic E-state index is -1.63. The van der Waals surface area contributed by atoms with E-state index in [2.05, 4.69) is 0 Å². The highest BCUT2D eigenvalue weighted by Crippen LogP contribution is 2.23. The number of aliphatic carboxylic acids is 1. The molecule has 0 atom stereocenters. The van der Waals surface area contributed by atoms with Crippen molar-refractivity contribution in [3.05, 3.63) is 35.4 Å². The number of aromatic carboxylic acids is 1. The van der Waals surface area contributed by atoms with Crippen LogP contribution in [0.25, 0.3) is 6.08 Å². The van der Waals surface area contributed by atoms with E-state index in [-0.39, 0.29) is 11.1 Å². The maximum atomic E-state index is 10.8. The number of carboxylic acids is 2. The molecule has 0 unspecified atom stereocenters. The fourth-order valence-electron chi connectivity index (χ4n) is 1.11. The predicted octanol–water partition coefficient (Wildman–Crippen LogP) is 0.757. The summed E-state index contributed by atoms with van der Waals surface area (Å²) < 4.78 is 0. The van der Waals surface area contributed by atoms with Crippen LogP contribution in [-0.2, 0) is 9.59 Å². The Morgan fingerprint density at radius 1 is 1.12 bits per heavy atom. The minimum Gasteiger partial charge on any atom is -0.506 e. The maximum Gasteiger partial charge on any atom is 0.376 e. The van der Waals surface area contributed by atoms with Crippen LogP contribution in [0, 0.1) is 0 Å². The first-order valence-corrected chi connectivity index (χ1v) is 4.44. The monoisotopic (exact) mass is 236 g/mol. The highest BCUT2D eigenvalue weighted by molar-refractivity contribution is 6.38. The Hall–Kier alpha value is -2.63. The lowest BCUT2D eigenvalue weighted by atomic mass is 10.1. The molecule has 0 spiro atoms. The summed E-state index contributed by atoms with van der Waals surface area (Å²) in [6, 6.07) is 3.91. The Morgan fingerprint density at radius 3 is 2.29 bits per heavy atom. The number of carbonyl (C=O) groups excluding carboxylic acids is 1. The van der Waals surface area contributed by atoms with Crippen molar-refractivity contribution in [2.45, 2.75) is 0 Å². The van der Waals surface area contributed by atoms with Gasteiger partial charge in [-0.15, -0.1) is 0 Å². The lowest BCUT2D eigenvalue weighted by Gasteiger charge is -2.02. The molecule has 1 rings (SSSR count). The zero-order chi connectivity index (χ0) is 13.0. The Kier molecular flexibility index (Phi) is 3.61. The van der Waals surface area contributed by atoms with Gasteiger partial charge < -0.3 is 15.3 Å². The first-order valence-electron chi connectivity index (χ1n) is 4.44. The second kappa shape index (κ2) is 4.93. The molecule has 6 nitrogen and oxygen atoms in total. The zero-order valence-corrected chi connectivity index (χ0v) is 8.45. The van der Waals surface area contributed by atoms with Crippen LogP contribution in [0.3, 0.4) is 0 Å². The first-order chi connectivity index (χ1) is 7.93. The summed E-state index contributed by atoms with van der Waals surface area (Å²) >= 11 is 0. The van der Waals surface area contributed by atoms with Gasteiger partial charge in [-0.1, -0.05) is 12.1 Å². The molecule has 0 fully saturated rings. The Morgan fingerprint density at radius 2 is 1.76 bits per heavy atom. The van der Waals surface area contributed by atoms with Crippen LogP contribution in [0.1, 0.15) is 15.9 Å². The molecule has 0 radical (unpaired) electrons. The minimum absolute atomic E-state index is 0.0551. The molecule has 1 aromatic rings. The van der Waals surface area contributed by atoms with E-state index in [0.717, 1.165) is 12.2 Å². The fourth-order valence-corrected chi connectivity index (χ4v) is 1.11. The molecule has 0 aliphatic carbocycles. The van der Waals surface area contributed by atoms with Gasteiger partial charge in [0.1, 0.15) is 11.3 Å². The van der Waals surface area contributed by atoms with E-state index < -0.39 is 23.5 Å². The molecule has 3 N–H and O–H groups in total. The average molecular weight is 236 g/mol. The van der Waals surface area contributed by atoms with Crippen molar-refractivity contribution in [3.8, 4) is 5.75 Å². The highest BCUT2D eigenvalue weighted by Gasteiger charge is 2.12. The van der Waals surface area contributed by atoms with Gasteiger partial charge in [0.25, 0.3) is 5.78 Å². The standard InChI is InChI=1S/C11H8O6/c12-8(11(16)17)5-4-6-2-1-3-7(9(6)13)10(14)15/h1-5,13H,(H,14,15)(H,16,17)/b5-4+. The van der Waals surface area contributed by atoms with E-state index in [4.69, 9.17) is 10.2 Å². The Labute approximate surface area is 95.4 Å². The van der Waals surface area contributed by atoms with Crippen molar-refractivity contribution in [3.63, 3.8) is 0 Å². The largest absolute Gasteiger partial charge is 0.506 e. The van der Waals surface area contributed by atoms with Crippen LogP contribution in [-0.4, -0.2) is 33.0 Å². The third-order valence-corrected chi connectivity index (χ3v) is 1.92. The molecule has 0 saturated heterocycles. The van der Waals surface area contributed by atoms with E-state index in [1.807, 2.05) is 0 Å². The summed E-state index contributed by atoms with van der Waals surface area (Å²) in [5, 5.41) is 26.5. The molecule has 0 aliphatic heterocycles. The summed E-state index contributed by atoms with van der Waals surface area (Å²) in [5.41, 5.74) is -0.269. The first kappa shape index (κ1) is 12.4. The third-order valence-electron chi connectivity index (χ3n) is 1.92. The van der Waals surface area contributed by atoms with Crippen LogP contribution < -0.4 is 0 Å². The van der Waals surface area contributed by atoms with E-state index in [9.17, 15) is 19.5 Å². The zero-order valence-electron chi connectivity index (χ0n) is 8.45. The van der Waals surface area contributed by atoms with Crippen LogP contribution in [0.4, 0.5) is 0 Å². The fraction of sp³-hybridized carbons (Fsp3) is 0. The number of hydrogen-bond acceptors (Lipinski definition) is 4. The number of rotatable bonds is 4. The van der Waals surface area contributed by atoms with Gasteiger partial charge in [0.2, 0.25) is 0 Å². The SMILES string of the molecule is O=C(O)C(=O)/C=C/c1cccc(C(=O)O)c1O. The third kappa shape index (κ3) is 2.91. The molecule has 0 aromatic heterocycles. The smallest absolute Gasteiger partial charge is 0.376 e. The number of para-hydroxylation sites is 1. The van der Waals surface area contributed by atoms with Crippen molar-refractivity contribution in [1.82, 2.24) is 0 Å². The van der Waals surface area contributed by atoms with Crippen molar-refractivity contribution in [1.29, 1.82) is 0 Å². The number of carboxylic acid groups (broad SMARTS) is 2. The predicted molar refractivity (Wildman–Crippen MR) is 56.7 cm³/mol. The van der Waals surface area contributed by atoms with Gasteiger partial charge in [0, 0.05) is 5.56 Å². The normalized spacial score (nSPS) is 10.4. The summed E-state index contributed by atoms with van der Waals surface area (Å²) in [4.78, 5) is 31.7. The van der Waals surface area contributed by atoms with Crippen molar-refractivity contribution >= 4 is 23.8 Å². The van der Waals surface area contributed by atoms with E-state index >= 15 is 0 Å². The molecule has 17 heavy (non-hydrogen) atoms. The molecule has 0 amide bonds. The van der Waals surface area contributed by atoms with Gasteiger partial charge in [-0.2, -0.15) is 0 Å². The summed E-state index contributed by atoms with van der Waals surface area (Å²) in [7, 11) is 0. The van der Waals surface area contributed by atoms with E-state index in [1.165, 1.54) is 18.2 Å². The average Bonchev–Trinajstić information content (AvgIpc) is 2.26. The van der Waals surface area contributed by atoms with Gasteiger partial charge in [-0.3, -0.25) is 4.79 Å². The molecular weight excluding hydrogens is 228 g/mol. The number of benzene rings is 1. The second-order valence-electron chi connectivity index (χ2n) is 3.05. The number of aromatic hydroxyl groups is 1. The van der Waals surface area contributed by atoms with Gasteiger partial charge >= 0.3 is 11.9 Å². The van der Waals surface area contributed by atoms with Crippen LogP contribution >= 0.6 is 0 Å². The van der Waals surface area contributed by atoms with Crippen LogP contribution in [0.5, 0.6) is 5.75 Å². The molecule has 0 bridgehead atoms. The quantitative estimate of drug-likeness (QED) is 0.525. The highest BCUT2D eigenvalue weighted by atomic mass is 16.4. The summed E-state index contributed by atoms with van der Waals surface area (Å²) in [5.74, 6) is -4.63. The lowest BCUT2D eigenvalue weighted by Crippen LogP contribution is -2.08. The second-order valence-corrected chi connectivity index (χ2v) is 3.05. The molecule has 1 aromatic carbocycles.